The molecule has 1 heteroatoms. The molecule has 2 bridgehead atoms. The van der Waals surface area contributed by atoms with E-state index in [2.05, 4.69) is 33.8 Å². The molecule has 1 nitrogen and oxygen atoms in total. The summed E-state index contributed by atoms with van der Waals surface area (Å²) < 4.78 is 0. The van der Waals surface area contributed by atoms with Crippen molar-refractivity contribution in [1.82, 2.24) is 0 Å². The van der Waals surface area contributed by atoms with Gasteiger partial charge in [0.2, 0.25) is 0 Å². The van der Waals surface area contributed by atoms with Gasteiger partial charge in [0.15, 0.2) is 5.78 Å². The van der Waals surface area contributed by atoms with Gasteiger partial charge >= 0.3 is 0 Å². The summed E-state index contributed by atoms with van der Waals surface area (Å²) in [6.45, 7) is 8.88. The van der Waals surface area contributed by atoms with Crippen LogP contribution in [0.3, 0.4) is 0 Å². The molecule has 2 fully saturated rings. The number of carbonyl (C=O) groups excluding carboxylic acids is 1. The Labute approximate surface area is 92.9 Å². The molecule has 2 aliphatic rings. The van der Waals surface area contributed by atoms with Crippen molar-refractivity contribution in [2.24, 2.45) is 16.7 Å². The first-order chi connectivity index (χ1) is 6.95. The molecule has 0 aromatic heterocycles. The monoisotopic (exact) mass is 206 g/mol. The summed E-state index contributed by atoms with van der Waals surface area (Å²) in [5.74, 6) is 0.971. The van der Waals surface area contributed by atoms with Crippen LogP contribution in [0.2, 0.25) is 0 Å². The van der Waals surface area contributed by atoms with Gasteiger partial charge in [-0.05, 0) is 36.2 Å². The van der Waals surface area contributed by atoms with Gasteiger partial charge in [-0.1, -0.05) is 40.2 Å². The number of carbonyl (C=O) groups is 1. The molecule has 0 aliphatic heterocycles. The van der Waals surface area contributed by atoms with Crippen LogP contribution in [0.1, 0.15) is 53.4 Å². The number of unbranched alkanes of at least 4 members (excludes halogenated alkanes) is 1. The first-order valence-electron chi connectivity index (χ1n) is 6.20. The standard InChI is InChI=1S/C14H22O/c1-5-6-7-10-11-8-9-14(4,12(10)15)13(11,2)3/h7,11H,5-6,8-9H2,1-4H3/b10-7+/t11-,14-/m1/s1. The zero-order valence-corrected chi connectivity index (χ0v) is 10.4. The maximum atomic E-state index is 12.3. The maximum absolute atomic E-state index is 12.3. The molecule has 0 N–H and O–H groups in total. The van der Waals surface area contributed by atoms with Crippen molar-refractivity contribution in [1.29, 1.82) is 0 Å². The number of hydrogen-bond acceptors (Lipinski definition) is 1. The molecule has 2 atom stereocenters. The van der Waals surface area contributed by atoms with Crippen molar-refractivity contribution in [2.75, 3.05) is 0 Å². The molecule has 0 amide bonds. The van der Waals surface area contributed by atoms with Gasteiger partial charge in [-0.25, -0.2) is 0 Å². The van der Waals surface area contributed by atoms with E-state index in [4.69, 9.17) is 0 Å². The highest BCUT2D eigenvalue weighted by Gasteiger charge is 2.63. The lowest BCUT2D eigenvalue weighted by molar-refractivity contribution is -0.125. The summed E-state index contributed by atoms with van der Waals surface area (Å²) in [5, 5.41) is 0. The second-order valence-electron chi connectivity index (χ2n) is 5.92. The van der Waals surface area contributed by atoms with Gasteiger partial charge in [0.05, 0.1) is 0 Å². The van der Waals surface area contributed by atoms with Gasteiger partial charge in [-0.15, -0.1) is 0 Å². The molecule has 2 saturated carbocycles. The van der Waals surface area contributed by atoms with Crippen molar-refractivity contribution in [2.45, 2.75) is 53.4 Å². The zero-order valence-electron chi connectivity index (χ0n) is 10.4. The van der Waals surface area contributed by atoms with Crippen LogP contribution in [-0.2, 0) is 4.79 Å². The molecule has 0 heterocycles. The summed E-state index contributed by atoms with van der Waals surface area (Å²) in [6, 6.07) is 0. The third-order valence-corrected chi connectivity index (χ3v) is 5.02. The fraction of sp³-hybridized carbons (Fsp3) is 0.786. The Balaban J connectivity index is 2.38. The van der Waals surface area contributed by atoms with Gasteiger partial charge in [0.1, 0.15) is 0 Å². The largest absolute Gasteiger partial charge is 0.294 e. The average molecular weight is 206 g/mol. The van der Waals surface area contributed by atoms with Crippen LogP contribution in [0.25, 0.3) is 0 Å². The lowest BCUT2D eigenvalue weighted by atomic mass is 9.70. The van der Waals surface area contributed by atoms with Crippen molar-refractivity contribution >= 4 is 5.78 Å². The first-order valence-corrected chi connectivity index (χ1v) is 6.20. The van der Waals surface area contributed by atoms with Crippen LogP contribution >= 0.6 is 0 Å². The van der Waals surface area contributed by atoms with E-state index in [0.717, 1.165) is 24.8 Å². The van der Waals surface area contributed by atoms with Gasteiger partial charge < -0.3 is 0 Å². The highest BCUT2D eigenvalue weighted by molar-refractivity contribution is 6.04. The van der Waals surface area contributed by atoms with Crippen molar-refractivity contribution in [3.63, 3.8) is 0 Å². The van der Waals surface area contributed by atoms with E-state index < -0.39 is 0 Å². The Morgan fingerprint density at radius 2 is 2.07 bits per heavy atom. The number of rotatable bonds is 2. The van der Waals surface area contributed by atoms with E-state index in [-0.39, 0.29) is 10.8 Å². The number of fused-ring (bicyclic) bond motifs is 2. The third kappa shape index (κ3) is 1.18. The van der Waals surface area contributed by atoms with Crippen LogP contribution in [0.5, 0.6) is 0 Å². The summed E-state index contributed by atoms with van der Waals surface area (Å²) in [4.78, 5) is 12.3. The second kappa shape index (κ2) is 3.20. The van der Waals surface area contributed by atoms with E-state index in [1.54, 1.807) is 0 Å². The Morgan fingerprint density at radius 1 is 1.40 bits per heavy atom. The fourth-order valence-electron chi connectivity index (χ4n) is 3.46. The maximum Gasteiger partial charge on any atom is 0.165 e. The molecular formula is C14H22O. The van der Waals surface area contributed by atoms with Crippen LogP contribution in [0.15, 0.2) is 11.6 Å². The molecule has 0 saturated heterocycles. The average Bonchev–Trinajstić information content (AvgIpc) is 2.48. The molecule has 2 aliphatic carbocycles. The second-order valence-corrected chi connectivity index (χ2v) is 5.92. The molecule has 2 rings (SSSR count). The number of hydrogen-bond donors (Lipinski definition) is 0. The fourth-order valence-corrected chi connectivity index (χ4v) is 3.46. The summed E-state index contributed by atoms with van der Waals surface area (Å²) in [5.41, 5.74) is 1.26. The first kappa shape index (κ1) is 10.9. The van der Waals surface area contributed by atoms with Gasteiger partial charge in [-0.2, -0.15) is 0 Å². The van der Waals surface area contributed by atoms with E-state index in [1.165, 1.54) is 6.42 Å². The molecule has 0 aromatic carbocycles. The SMILES string of the molecule is CCC/C=C1/C(=O)[C@@]2(C)CC[C@H]1C2(C)C. The van der Waals surface area contributed by atoms with Gasteiger partial charge in [0, 0.05) is 5.41 Å². The van der Waals surface area contributed by atoms with E-state index in [0.29, 0.717) is 11.7 Å². The van der Waals surface area contributed by atoms with E-state index >= 15 is 0 Å². The van der Waals surface area contributed by atoms with Gasteiger partial charge in [0.25, 0.3) is 0 Å². The topological polar surface area (TPSA) is 17.1 Å². The predicted molar refractivity (Wildman–Crippen MR) is 62.6 cm³/mol. The van der Waals surface area contributed by atoms with Crippen LogP contribution < -0.4 is 0 Å². The summed E-state index contributed by atoms with van der Waals surface area (Å²) in [6.07, 6.45) is 6.71. The lowest BCUT2D eigenvalue weighted by Gasteiger charge is -2.31. The summed E-state index contributed by atoms with van der Waals surface area (Å²) in [7, 11) is 0. The van der Waals surface area contributed by atoms with Crippen LogP contribution in [0, 0.1) is 16.7 Å². The Hall–Kier alpha value is -0.590. The Morgan fingerprint density at radius 3 is 2.53 bits per heavy atom. The minimum atomic E-state index is -0.0722. The van der Waals surface area contributed by atoms with Crippen molar-refractivity contribution in [3.8, 4) is 0 Å². The van der Waals surface area contributed by atoms with Crippen molar-refractivity contribution < 1.29 is 4.79 Å². The number of ketones is 1. The molecule has 84 valence electrons. The minimum absolute atomic E-state index is 0.0722. The Kier molecular flexibility index (Phi) is 2.33. The van der Waals surface area contributed by atoms with Gasteiger partial charge in [-0.3, -0.25) is 4.79 Å². The lowest BCUT2D eigenvalue weighted by Crippen LogP contribution is -2.32. The van der Waals surface area contributed by atoms with Crippen LogP contribution in [-0.4, -0.2) is 5.78 Å². The quantitative estimate of drug-likeness (QED) is 0.629. The zero-order chi connectivity index (χ0) is 11.3. The highest BCUT2D eigenvalue weighted by atomic mass is 16.1. The minimum Gasteiger partial charge on any atom is -0.294 e. The molecule has 0 radical (unpaired) electrons. The third-order valence-electron chi connectivity index (χ3n) is 5.02. The normalized spacial score (nSPS) is 40.4. The Bertz CT molecular complexity index is 324. The van der Waals surface area contributed by atoms with Crippen molar-refractivity contribution in [3.05, 3.63) is 11.6 Å². The highest BCUT2D eigenvalue weighted by Crippen LogP contribution is 2.65. The molecule has 15 heavy (non-hydrogen) atoms. The van der Waals surface area contributed by atoms with Crippen LogP contribution in [0.4, 0.5) is 0 Å². The molecular weight excluding hydrogens is 184 g/mol. The smallest absolute Gasteiger partial charge is 0.165 e. The summed E-state index contributed by atoms with van der Waals surface area (Å²) >= 11 is 0. The predicted octanol–water partition coefficient (Wildman–Crippen LogP) is 3.74. The molecule has 0 unspecified atom stereocenters. The number of Topliss-reactive ketones (excluding diaryl/α,β-unsaturated/α-hetero) is 1. The van der Waals surface area contributed by atoms with E-state index in [1.807, 2.05) is 0 Å². The number of allylic oxidation sites excluding steroid dienone is 2. The molecule has 0 spiro atoms. The van der Waals surface area contributed by atoms with E-state index in [9.17, 15) is 4.79 Å². The molecule has 0 aromatic rings.